The second-order valence-corrected chi connectivity index (χ2v) is 4.83. The lowest BCUT2D eigenvalue weighted by atomic mass is 10.2. The summed E-state index contributed by atoms with van der Waals surface area (Å²) in [6, 6.07) is 5.16. The number of carboxylic acids is 1. The van der Waals surface area contributed by atoms with Gasteiger partial charge in [0, 0.05) is 12.2 Å². The first kappa shape index (κ1) is 14.2. The SMILES string of the molecule is N#Cc1ccc(NC(=O)N2CCC[C@H]2C(=O)O)cc1Cl. The first-order valence-electron chi connectivity index (χ1n) is 6.03. The largest absolute Gasteiger partial charge is 0.480 e. The van der Waals surface area contributed by atoms with Crippen molar-refractivity contribution in [3.05, 3.63) is 28.8 Å². The Morgan fingerprint density at radius 1 is 1.50 bits per heavy atom. The monoisotopic (exact) mass is 293 g/mol. The zero-order valence-electron chi connectivity index (χ0n) is 10.5. The van der Waals surface area contributed by atoms with Gasteiger partial charge in [0.2, 0.25) is 0 Å². The Morgan fingerprint density at radius 2 is 2.25 bits per heavy atom. The summed E-state index contributed by atoms with van der Waals surface area (Å²) in [6.45, 7) is 0.410. The number of rotatable bonds is 2. The molecule has 1 aliphatic rings. The van der Waals surface area contributed by atoms with Crippen molar-refractivity contribution in [3.63, 3.8) is 0 Å². The highest BCUT2D eigenvalue weighted by molar-refractivity contribution is 6.32. The summed E-state index contributed by atoms with van der Waals surface area (Å²) < 4.78 is 0. The van der Waals surface area contributed by atoms with Crippen LogP contribution in [0.15, 0.2) is 18.2 Å². The zero-order valence-corrected chi connectivity index (χ0v) is 11.2. The van der Waals surface area contributed by atoms with Crippen LogP contribution in [0.4, 0.5) is 10.5 Å². The fourth-order valence-corrected chi connectivity index (χ4v) is 2.37. The fourth-order valence-electron chi connectivity index (χ4n) is 2.15. The van der Waals surface area contributed by atoms with Crippen molar-refractivity contribution in [2.75, 3.05) is 11.9 Å². The number of carbonyl (C=O) groups excluding carboxylic acids is 1. The van der Waals surface area contributed by atoms with Crippen molar-refractivity contribution < 1.29 is 14.7 Å². The maximum atomic E-state index is 12.0. The van der Waals surface area contributed by atoms with Crippen LogP contribution in [0.1, 0.15) is 18.4 Å². The number of nitrogens with zero attached hydrogens (tertiary/aromatic N) is 2. The average molecular weight is 294 g/mol. The van der Waals surface area contributed by atoms with E-state index in [1.807, 2.05) is 6.07 Å². The number of amides is 2. The van der Waals surface area contributed by atoms with Crippen LogP contribution in [0.25, 0.3) is 0 Å². The highest BCUT2D eigenvalue weighted by Gasteiger charge is 2.33. The second-order valence-electron chi connectivity index (χ2n) is 4.43. The van der Waals surface area contributed by atoms with E-state index in [1.165, 1.54) is 17.0 Å². The van der Waals surface area contributed by atoms with Crippen molar-refractivity contribution >= 4 is 29.3 Å². The van der Waals surface area contributed by atoms with E-state index < -0.39 is 18.0 Å². The predicted molar refractivity (Wildman–Crippen MR) is 72.5 cm³/mol. The normalized spacial score (nSPS) is 17.6. The van der Waals surface area contributed by atoms with Crippen molar-refractivity contribution in [2.24, 2.45) is 0 Å². The highest BCUT2D eigenvalue weighted by atomic mass is 35.5. The van der Waals surface area contributed by atoms with E-state index in [2.05, 4.69) is 5.32 Å². The summed E-state index contributed by atoms with van der Waals surface area (Å²) >= 11 is 5.87. The van der Waals surface area contributed by atoms with Crippen molar-refractivity contribution in [2.45, 2.75) is 18.9 Å². The Hall–Kier alpha value is -2.26. The Balaban J connectivity index is 2.10. The topological polar surface area (TPSA) is 93.4 Å². The van der Waals surface area contributed by atoms with Gasteiger partial charge in [0.05, 0.1) is 10.6 Å². The minimum Gasteiger partial charge on any atom is -0.480 e. The van der Waals surface area contributed by atoms with Crippen LogP contribution in [0.2, 0.25) is 5.02 Å². The first-order valence-corrected chi connectivity index (χ1v) is 6.41. The molecular formula is C13H12ClN3O3. The average Bonchev–Trinajstić information content (AvgIpc) is 2.88. The molecule has 0 radical (unpaired) electrons. The molecule has 2 N–H and O–H groups in total. The molecular weight excluding hydrogens is 282 g/mol. The minimum absolute atomic E-state index is 0.238. The molecule has 0 spiro atoms. The van der Waals surface area contributed by atoms with Crippen LogP contribution in [0, 0.1) is 11.3 Å². The molecule has 0 unspecified atom stereocenters. The zero-order chi connectivity index (χ0) is 14.7. The Labute approximate surface area is 120 Å². The number of carboxylic acid groups (broad SMARTS) is 1. The van der Waals surface area contributed by atoms with E-state index in [0.717, 1.165) is 0 Å². The number of aliphatic carboxylic acids is 1. The lowest BCUT2D eigenvalue weighted by molar-refractivity contribution is -0.141. The van der Waals surface area contributed by atoms with Crippen molar-refractivity contribution in [3.8, 4) is 6.07 Å². The molecule has 2 amide bonds. The third kappa shape index (κ3) is 2.83. The summed E-state index contributed by atoms with van der Waals surface area (Å²) in [4.78, 5) is 24.4. The van der Waals surface area contributed by atoms with Gasteiger partial charge in [-0.2, -0.15) is 5.26 Å². The third-order valence-corrected chi connectivity index (χ3v) is 3.45. The van der Waals surface area contributed by atoms with Crippen LogP contribution >= 0.6 is 11.6 Å². The lowest BCUT2D eigenvalue weighted by Gasteiger charge is -2.21. The maximum Gasteiger partial charge on any atom is 0.326 e. The van der Waals surface area contributed by atoms with Gasteiger partial charge in [0.1, 0.15) is 12.1 Å². The molecule has 7 heteroatoms. The molecule has 1 fully saturated rings. The molecule has 1 atom stereocenters. The number of hydrogen-bond acceptors (Lipinski definition) is 3. The van der Waals surface area contributed by atoms with Crippen LogP contribution in [0.3, 0.4) is 0 Å². The van der Waals surface area contributed by atoms with Gasteiger partial charge in [-0.05, 0) is 31.0 Å². The molecule has 104 valence electrons. The van der Waals surface area contributed by atoms with Gasteiger partial charge < -0.3 is 15.3 Å². The van der Waals surface area contributed by atoms with Crippen molar-refractivity contribution in [1.82, 2.24) is 4.90 Å². The van der Waals surface area contributed by atoms with E-state index in [1.54, 1.807) is 6.07 Å². The second kappa shape index (κ2) is 5.80. The van der Waals surface area contributed by atoms with Crippen molar-refractivity contribution in [1.29, 1.82) is 5.26 Å². The summed E-state index contributed by atoms with van der Waals surface area (Å²) in [7, 11) is 0. The number of carbonyl (C=O) groups is 2. The molecule has 6 nitrogen and oxygen atoms in total. The predicted octanol–water partition coefficient (Wildman–Crippen LogP) is 2.29. The van der Waals surface area contributed by atoms with Gasteiger partial charge in [0.25, 0.3) is 0 Å². The summed E-state index contributed by atoms with van der Waals surface area (Å²) in [5, 5.41) is 20.6. The Bertz CT molecular complexity index is 597. The van der Waals surface area contributed by atoms with E-state index >= 15 is 0 Å². The molecule has 1 heterocycles. The van der Waals surface area contributed by atoms with E-state index in [-0.39, 0.29) is 5.02 Å². The molecule has 1 aromatic rings. The lowest BCUT2D eigenvalue weighted by Crippen LogP contribution is -2.42. The number of hydrogen-bond donors (Lipinski definition) is 2. The van der Waals surface area contributed by atoms with Crippen LogP contribution in [0.5, 0.6) is 0 Å². The number of nitriles is 1. The van der Waals surface area contributed by atoms with Gasteiger partial charge in [0.15, 0.2) is 0 Å². The number of anilines is 1. The number of nitrogens with one attached hydrogen (secondary N) is 1. The van der Waals surface area contributed by atoms with E-state index in [4.69, 9.17) is 22.0 Å². The smallest absolute Gasteiger partial charge is 0.326 e. The third-order valence-electron chi connectivity index (χ3n) is 3.14. The van der Waals surface area contributed by atoms with Gasteiger partial charge in [-0.15, -0.1) is 0 Å². The molecule has 0 aromatic heterocycles. The summed E-state index contributed by atoms with van der Waals surface area (Å²) in [6.07, 6.45) is 1.12. The van der Waals surface area contributed by atoms with Gasteiger partial charge in [-0.25, -0.2) is 9.59 Å². The van der Waals surface area contributed by atoms with Crippen LogP contribution < -0.4 is 5.32 Å². The summed E-state index contributed by atoms with van der Waals surface area (Å²) in [5.74, 6) is -1.00. The molecule has 1 aliphatic heterocycles. The van der Waals surface area contributed by atoms with Gasteiger partial charge >= 0.3 is 12.0 Å². The number of halogens is 1. The molecule has 0 aliphatic carbocycles. The first-order chi connectivity index (χ1) is 9.52. The van der Waals surface area contributed by atoms with Crippen LogP contribution in [-0.4, -0.2) is 34.6 Å². The highest BCUT2D eigenvalue weighted by Crippen LogP contribution is 2.22. The standard InChI is InChI=1S/C13H12ClN3O3/c14-10-6-9(4-3-8(10)7-15)16-13(20)17-5-1-2-11(17)12(18)19/h3-4,6,11H,1-2,5H2,(H,16,20)(H,18,19)/t11-/m0/s1. The molecule has 2 rings (SSSR count). The number of urea groups is 1. The molecule has 20 heavy (non-hydrogen) atoms. The molecule has 0 bridgehead atoms. The molecule has 0 saturated carbocycles. The van der Waals surface area contributed by atoms with E-state index in [0.29, 0.717) is 30.6 Å². The molecule has 1 saturated heterocycles. The minimum atomic E-state index is -1.00. The number of benzene rings is 1. The van der Waals surface area contributed by atoms with Gasteiger partial charge in [-0.1, -0.05) is 11.6 Å². The Kier molecular flexibility index (Phi) is 4.11. The van der Waals surface area contributed by atoms with Crippen LogP contribution in [-0.2, 0) is 4.79 Å². The number of likely N-dealkylation sites (tertiary alicyclic amines) is 1. The maximum absolute atomic E-state index is 12.0. The fraction of sp³-hybridized carbons (Fsp3) is 0.308. The van der Waals surface area contributed by atoms with Gasteiger partial charge in [-0.3, -0.25) is 0 Å². The van der Waals surface area contributed by atoms with E-state index in [9.17, 15) is 9.59 Å². The Morgan fingerprint density at radius 3 is 2.85 bits per heavy atom. The molecule has 1 aromatic carbocycles. The summed E-state index contributed by atoms with van der Waals surface area (Å²) in [5.41, 5.74) is 0.740. The quantitative estimate of drug-likeness (QED) is 0.875.